The number of nitrogens with zero attached hydrogens (tertiary/aromatic N) is 2. The highest BCUT2D eigenvalue weighted by Crippen LogP contribution is 2.22. The molecule has 7 nitrogen and oxygen atoms in total. The van der Waals surface area contributed by atoms with E-state index in [-0.39, 0.29) is 37.7 Å². The number of hydrogen-bond donors (Lipinski definition) is 1. The standard InChI is InChI=1S/C33H42ClN3O4S/c1-6-25-17-19-29(20-18-25)37(42(5,40)41)21-11-16-31(38)36(24-27-14-10-15-28(34)22-27)30(32(39)35-33(2,3)4)23-26-12-8-7-9-13-26/h7-10,12-15,17-20,22,30H,6,11,16,21,23-24H2,1-5H3,(H,35,39)/t30-/m0/s1. The molecule has 0 saturated carbocycles. The maximum atomic E-state index is 13.9. The summed E-state index contributed by atoms with van der Waals surface area (Å²) in [5.41, 5.74) is 2.89. The van der Waals surface area contributed by atoms with Crippen LogP contribution in [0.5, 0.6) is 0 Å². The lowest BCUT2D eigenvalue weighted by molar-refractivity contribution is -0.142. The van der Waals surface area contributed by atoms with Crippen LogP contribution in [0.15, 0.2) is 78.9 Å². The Morgan fingerprint density at radius 2 is 1.55 bits per heavy atom. The highest BCUT2D eigenvalue weighted by atomic mass is 35.5. The van der Waals surface area contributed by atoms with Crippen LogP contribution in [0, 0.1) is 0 Å². The molecule has 1 atom stereocenters. The molecule has 0 unspecified atom stereocenters. The number of aryl methyl sites for hydroxylation is 1. The maximum absolute atomic E-state index is 13.9. The van der Waals surface area contributed by atoms with Crippen LogP contribution >= 0.6 is 11.6 Å². The fourth-order valence-electron chi connectivity index (χ4n) is 4.74. The largest absolute Gasteiger partial charge is 0.350 e. The van der Waals surface area contributed by atoms with Crippen LogP contribution in [0.2, 0.25) is 5.02 Å². The monoisotopic (exact) mass is 611 g/mol. The van der Waals surface area contributed by atoms with Crippen LogP contribution in [0.4, 0.5) is 5.69 Å². The number of sulfonamides is 1. The molecule has 0 aromatic heterocycles. The smallest absolute Gasteiger partial charge is 0.243 e. The third kappa shape index (κ3) is 10.2. The molecule has 0 aliphatic rings. The van der Waals surface area contributed by atoms with E-state index in [4.69, 9.17) is 11.6 Å². The summed E-state index contributed by atoms with van der Waals surface area (Å²) in [5.74, 6) is -0.495. The van der Waals surface area contributed by atoms with E-state index >= 15 is 0 Å². The summed E-state index contributed by atoms with van der Waals surface area (Å²) >= 11 is 6.26. The molecule has 3 aromatic rings. The summed E-state index contributed by atoms with van der Waals surface area (Å²) in [6, 6.07) is 23.5. The van der Waals surface area contributed by atoms with Gasteiger partial charge in [0.15, 0.2) is 0 Å². The van der Waals surface area contributed by atoms with Crippen molar-refractivity contribution in [3.63, 3.8) is 0 Å². The summed E-state index contributed by atoms with van der Waals surface area (Å²) < 4.78 is 26.7. The Kier molecular flexibility index (Phi) is 11.6. The van der Waals surface area contributed by atoms with E-state index in [0.29, 0.717) is 17.1 Å². The minimum atomic E-state index is -3.57. The van der Waals surface area contributed by atoms with E-state index in [0.717, 1.165) is 23.1 Å². The van der Waals surface area contributed by atoms with Crippen molar-refractivity contribution in [3.05, 3.63) is 101 Å². The van der Waals surface area contributed by atoms with Gasteiger partial charge in [0.05, 0.1) is 11.9 Å². The molecular weight excluding hydrogens is 570 g/mol. The average Bonchev–Trinajstić information content (AvgIpc) is 2.92. The van der Waals surface area contributed by atoms with Crippen LogP contribution in [-0.2, 0) is 39.0 Å². The number of nitrogens with one attached hydrogen (secondary N) is 1. The van der Waals surface area contributed by atoms with Gasteiger partial charge in [0.1, 0.15) is 6.04 Å². The lowest BCUT2D eigenvalue weighted by Gasteiger charge is -2.34. The van der Waals surface area contributed by atoms with Gasteiger partial charge in [-0.3, -0.25) is 13.9 Å². The number of halogens is 1. The molecule has 3 rings (SSSR count). The summed E-state index contributed by atoms with van der Waals surface area (Å²) in [5, 5.41) is 3.59. The van der Waals surface area contributed by atoms with Crippen LogP contribution in [0.1, 0.15) is 57.2 Å². The molecule has 3 aromatic carbocycles. The number of anilines is 1. The minimum Gasteiger partial charge on any atom is -0.350 e. The highest BCUT2D eigenvalue weighted by Gasteiger charge is 2.32. The Hall–Kier alpha value is -3.36. The quantitative estimate of drug-likeness (QED) is 0.257. The molecule has 0 radical (unpaired) electrons. The first-order valence-electron chi connectivity index (χ1n) is 14.2. The second kappa shape index (κ2) is 14.7. The molecule has 0 heterocycles. The van der Waals surface area contributed by atoms with Crippen molar-refractivity contribution in [1.29, 1.82) is 0 Å². The predicted molar refractivity (Wildman–Crippen MR) is 171 cm³/mol. The van der Waals surface area contributed by atoms with Gasteiger partial charge in [-0.2, -0.15) is 0 Å². The van der Waals surface area contributed by atoms with E-state index in [1.807, 2.05) is 82.3 Å². The first-order valence-corrected chi connectivity index (χ1v) is 16.5. The van der Waals surface area contributed by atoms with Crippen molar-refractivity contribution in [3.8, 4) is 0 Å². The lowest BCUT2D eigenvalue weighted by atomic mass is 10.00. The topological polar surface area (TPSA) is 86.8 Å². The Morgan fingerprint density at radius 1 is 0.905 bits per heavy atom. The van der Waals surface area contributed by atoms with Gasteiger partial charge in [0, 0.05) is 36.5 Å². The van der Waals surface area contributed by atoms with Crippen molar-refractivity contribution in [1.82, 2.24) is 10.2 Å². The van der Waals surface area contributed by atoms with Gasteiger partial charge in [0.25, 0.3) is 0 Å². The lowest BCUT2D eigenvalue weighted by Crippen LogP contribution is -2.54. The molecule has 0 saturated heterocycles. The number of benzene rings is 3. The Balaban J connectivity index is 1.89. The van der Waals surface area contributed by atoms with Crippen LogP contribution in [0.3, 0.4) is 0 Å². The van der Waals surface area contributed by atoms with Crippen molar-refractivity contribution < 1.29 is 18.0 Å². The summed E-state index contributed by atoms with van der Waals surface area (Å²) in [6.07, 6.45) is 2.69. The van der Waals surface area contributed by atoms with Gasteiger partial charge in [-0.15, -0.1) is 0 Å². The minimum absolute atomic E-state index is 0.0632. The molecule has 9 heteroatoms. The average molecular weight is 612 g/mol. The Bertz CT molecular complexity index is 1440. The third-order valence-electron chi connectivity index (χ3n) is 6.80. The van der Waals surface area contributed by atoms with Crippen LogP contribution in [-0.4, -0.2) is 49.5 Å². The van der Waals surface area contributed by atoms with Crippen LogP contribution < -0.4 is 9.62 Å². The second-order valence-corrected chi connectivity index (χ2v) is 13.9. The van der Waals surface area contributed by atoms with Gasteiger partial charge in [0.2, 0.25) is 21.8 Å². The van der Waals surface area contributed by atoms with Gasteiger partial charge in [-0.25, -0.2) is 8.42 Å². The fraction of sp³-hybridized carbons (Fsp3) is 0.394. The fourth-order valence-corrected chi connectivity index (χ4v) is 5.92. The van der Waals surface area contributed by atoms with Crippen molar-refractivity contribution >= 4 is 39.1 Å². The summed E-state index contributed by atoms with van der Waals surface area (Å²) in [4.78, 5) is 29.2. The molecule has 42 heavy (non-hydrogen) atoms. The van der Waals surface area contributed by atoms with E-state index < -0.39 is 21.6 Å². The van der Waals surface area contributed by atoms with Gasteiger partial charge in [-0.1, -0.05) is 73.1 Å². The molecule has 226 valence electrons. The molecule has 0 aliphatic heterocycles. The molecule has 1 N–H and O–H groups in total. The number of hydrogen-bond acceptors (Lipinski definition) is 4. The summed E-state index contributed by atoms with van der Waals surface area (Å²) in [6.45, 7) is 8.07. The molecule has 0 bridgehead atoms. The second-order valence-electron chi connectivity index (χ2n) is 11.6. The Labute approximate surface area is 255 Å². The van der Waals surface area contributed by atoms with Gasteiger partial charge >= 0.3 is 0 Å². The zero-order chi connectivity index (χ0) is 30.9. The molecule has 0 fully saturated rings. The SMILES string of the molecule is CCc1ccc(N(CCCC(=O)N(Cc2cccc(Cl)c2)[C@@H](Cc2ccccc2)C(=O)NC(C)(C)C)S(C)(=O)=O)cc1. The van der Waals surface area contributed by atoms with Gasteiger partial charge < -0.3 is 10.2 Å². The van der Waals surface area contributed by atoms with Crippen molar-refractivity contribution in [2.24, 2.45) is 0 Å². The van der Waals surface area contributed by atoms with Crippen molar-refractivity contribution in [2.45, 2.75) is 71.5 Å². The first-order chi connectivity index (χ1) is 19.8. The molecule has 2 amide bonds. The maximum Gasteiger partial charge on any atom is 0.243 e. The van der Waals surface area contributed by atoms with E-state index in [2.05, 4.69) is 5.32 Å². The highest BCUT2D eigenvalue weighted by molar-refractivity contribution is 7.92. The zero-order valence-electron chi connectivity index (χ0n) is 25.1. The number of rotatable bonds is 13. The van der Waals surface area contributed by atoms with Crippen LogP contribution in [0.25, 0.3) is 0 Å². The number of carbonyl (C=O) groups is 2. The Morgan fingerprint density at radius 3 is 2.12 bits per heavy atom. The third-order valence-corrected chi connectivity index (χ3v) is 8.23. The first kappa shape index (κ1) is 33.1. The van der Waals surface area contributed by atoms with Crippen molar-refractivity contribution in [2.75, 3.05) is 17.1 Å². The zero-order valence-corrected chi connectivity index (χ0v) is 26.7. The van der Waals surface area contributed by atoms with E-state index in [1.54, 1.807) is 29.2 Å². The normalized spacial score (nSPS) is 12.4. The number of amides is 2. The van der Waals surface area contributed by atoms with E-state index in [9.17, 15) is 18.0 Å². The predicted octanol–water partition coefficient (Wildman–Crippen LogP) is 6.00. The number of carbonyl (C=O) groups excluding carboxylic acids is 2. The molecule has 0 aliphatic carbocycles. The molecule has 0 spiro atoms. The van der Waals surface area contributed by atoms with Gasteiger partial charge in [-0.05, 0) is 74.6 Å². The summed E-state index contributed by atoms with van der Waals surface area (Å²) in [7, 11) is -3.57. The van der Waals surface area contributed by atoms with E-state index in [1.165, 1.54) is 10.6 Å². The molecular formula is C33H42ClN3O4S.